The first kappa shape index (κ1) is 15.9. The van der Waals surface area contributed by atoms with Gasteiger partial charge in [0.25, 0.3) is 0 Å². The van der Waals surface area contributed by atoms with Crippen molar-refractivity contribution in [2.45, 2.75) is 70.8 Å². The van der Waals surface area contributed by atoms with E-state index in [0.717, 1.165) is 29.2 Å². The van der Waals surface area contributed by atoms with E-state index in [1.165, 1.54) is 44.3 Å². The van der Waals surface area contributed by atoms with Crippen molar-refractivity contribution in [1.82, 2.24) is 14.9 Å². The predicted molar refractivity (Wildman–Crippen MR) is 103 cm³/mol. The molecule has 1 aromatic carbocycles. The van der Waals surface area contributed by atoms with E-state index in [2.05, 4.69) is 49.7 Å². The highest BCUT2D eigenvalue weighted by Gasteiger charge is 2.49. The minimum absolute atomic E-state index is 0.309. The van der Waals surface area contributed by atoms with E-state index in [4.69, 9.17) is 4.98 Å². The van der Waals surface area contributed by atoms with Gasteiger partial charge in [-0.1, -0.05) is 27.7 Å². The zero-order valence-electron chi connectivity index (χ0n) is 16.1. The van der Waals surface area contributed by atoms with Gasteiger partial charge in [0.15, 0.2) is 0 Å². The molecule has 2 heterocycles. The molecule has 0 radical (unpaired) electrons. The first-order valence-corrected chi connectivity index (χ1v) is 10.2. The van der Waals surface area contributed by atoms with Crippen LogP contribution in [-0.4, -0.2) is 34.0 Å². The minimum Gasteiger partial charge on any atom is -0.342 e. The van der Waals surface area contributed by atoms with Gasteiger partial charge >= 0.3 is 0 Å². The normalized spacial score (nSPS) is 32.4. The number of rotatable bonds is 3. The lowest BCUT2D eigenvalue weighted by atomic mass is 9.59. The molecule has 25 heavy (non-hydrogen) atoms. The van der Waals surface area contributed by atoms with Crippen LogP contribution in [0.5, 0.6) is 0 Å². The molecule has 1 aliphatic heterocycles. The molecule has 2 aromatic rings. The van der Waals surface area contributed by atoms with Crippen molar-refractivity contribution < 1.29 is 0 Å². The Morgan fingerprint density at radius 3 is 2.84 bits per heavy atom. The number of hydrogen-bond acceptors (Lipinski definition) is 2. The van der Waals surface area contributed by atoms with Crippen molar-refractivity contribution in [3.05, 3.63) is 29.1 Å². The zero-order chi connectivity index (χ0) is 17.3. The number of H-pyrrole nitrogens is 1. The molecule has 2 aliphatic carbocycles. The molecule has 3 aliphatic rings. The summed E-state index contributed by atoms with van der Waals surface area (Å²) in [6.07, 6.45) is 5.42. The van der Waals surface area contributed by atoms with Crippen LogP contribution in [0.1, 0.15) is 69.8 Å². The van der Waals surface area contributed by atoms with Crippen molar-refractivity contribution in [3.63, 3.8) is 0 Å². The average Bonchev–Trinajstić information content (AvgIpc) is 3.28. The molecule has 2 fully saturated rings. The molecular formula is C22H31N3. The maximum absolute atomic E-state index is 4.88. The van der Waals surface area contributed by atoms with Crippen LogP contribution in [0.25, 0.3) is 11.0 Å². The highest BCUT2D eigenvalue weighted by Crippen LogP contribution is 2.50. The molecule has 3 nitrogen and oxygen atoms in total. The zero-order valence-corrected chi connectivity index (χ0v) is 16.1. The third kappa shape index (κ3) is 2.38. The van der Waals surface area contributed by atoms with E-state index in [9.17, 15) is 0 Å². The molecule has 0 amide bonds. The Balaban J connectivity index is 1.58. The first-order valence-electron chi connectivity index (χ1n) is 10.2. The molecule has 0 unspecified atom stereocenters. The van der Waals surface area contributed by atoms with Crippen LogP contribution in [0.2, 0.25) is 0 Å². The average molecular weight is 338 g/mol. The van der Waals surface area contributed by atoms with Gasteiger partial charge in [-0.15, -0.1) is 0 Å². The number of nitrogens with zero attached hydrogens (tertiary/aromatic N) is 2. The smallest absolute Gasteiger partial charge is 0.109 e. The Kier molecular flexibility index (Phi) is 3.38. The predicted octanol–water partition coefficient (Wildman–Crippen LogP) is 4.62. The lowest BCUT2D eigenvalue weighted by molar-refractivity contribution is 0.0285. The molecule has 1 aromatic heterocycles. The number of hydrogen-bond donors (Lipinski definition) is 1. The van der Waals surface area contributed by atoms with Crippen molar-refractivity contribution in [3.8, 4) is 0 Å². The molecule has 5 rings (SSSR count). The summed E-state index contributed by atoms with van der Waals surface area (Å²) in [4.78, 5) is 11.3. The Bertz CT molecular complexity index is 816. The number of imidazole rings is 1. The third-order valence-corrected chi connectivity index (χ3v) is 7.48. The van der Waals surface area contributed by atoms with E-state index < -0.39 is 0 Å². The van der Waals surface area contributed by atoms with Gasteiger partial charge in [0.1, 0.15) is 5.82 Å². The Labute approximate surface area is 151 Å². The minimum atomic E-state index is 0.309. The van der Waals surface area contributed by atoms with E-state index >= 15 is 0 Å². The fourth-order valence-electron chi connectivity index (χ4n) is 5.38. The van der Waals surface area contributed by atoms with E-state index in [0.29, 0.717) is 11.3 Å². The van der Waals surface area contributed by atoms with Crippen molar-refractivity contribution in [2.24, 2.45) is 11.8 Å². The Morgan fingerprint density at radius 2 is 2.12 bits per heavy atom. The molecule has 1 saturated heterocycles. The topological polar surface area (TPSA) is 31.9 Å². The maximum Gasteiger partial charge on any atom is 0.109 e. The Morgan fingerprint density at radius 1 is 1.32 bits per heavy atom. The standard InChI is InChI=1S/C22H31N3/c1-13(2)21-23-18-9-16-10-20-14(3)22(4,17(16)11-19(18)24-21)7-8-25(20)12-15-5-6-15/h9,11,13-15,20H,5-8,10,12H2,1-4H3,(H,23,24)/t14-,20+,22+/m0/s1. The number of fused-ring (bicyclic) bond motifs is 5. The largest absolute Gasteiger partial charge is 0.342 e. The van der Waals surface area contributed by atoms with Gasteiger partial charge in [-0.2, -0.15) is 0 Å². The quantitative estimate of drug-likeness (QED) is 0.886. The SMILES string of the molecule is CC(C)c1nc2cc3c(cc2[nH]1)C[C@@H]1[C@H](C)[C@@]3(C)CCN1CC1CC1. The maximum atomic E-state index is 4.88. The molecule has 134 valence electrons. The second-order valence-electron chi connectivity index (χ2n) is 9.47. The summed E-state index contributed by atoms with van der Waals surface area (Å²) in [5, 5.41) is 0. The number of likely N-dealkylation sites (tertiary alicyclic amines) is 1. The van der Waals surface area contributed by atoms with Gasteiger partial charge in [0.05, 0.1) is 11.0 Å². The van der Waals surface area contributed by atoms with Crippen molar-refractivity contribution in [2.75, 3.05) is 13.1 Å². The van der Waals surface area contributed by atoms with Gasteiger partial charge < -0.3 is 4.98 Å². The summed E-state index contributed by atoms with van der Waals surface area (Å²) < 4.78 is 0. The molecular weight excluding hydrogens is 306 g/mol. The second-order valence-corrected chi connectivity index (χ2v) is 9.47. The van der Waals surface area contributed by atoms with Crippen LogP contribution < -0.4 is 0 Å². The number of benzene rings is 1. The van der Waals surface area contributed by atoms with Gasteiger partial charge in [0.2, 0.25) is 0 Å². The lowest BCUT2D eigenvalue weighted by Gasteiger charge is -2.54. The molecule has 3 atom stereocenters. The molecule has 1 saturated carbocycles. The summed E-state index contributed by atoms with van der Waals surface area (Å²) in [5.74, 6) is 3.29. The van der Waals surface area contributed by atoms with Crippen LogP contribution >= 0.6 is 0 Å². The highest BCUT2D eigenvalue weighted by atomic mass is 15.2. The number of nitrogens with one attached hydrogen (secondary N) is 1. The van der Waals surface area contributed by atoms with E-state index in [1.807, 2.05) is 0 Å². The van der Waals surface area contributed by atoms with Crippen LogP contribution in [-0.2, 0) is 11.8 Å². The van der Waals surface area contributed by atoms with Gasteiger partial charge in [-0.05, 0) is 72.7 Å². The van der Waals surface area contributed by atoms with Crippen LogP contribution in [0.15, 0.2) is 12.1 Å². The molecule has 2 bridgehead atoms. The van der Waals surface area contributed by atoms with Crippen LogP contribution in [0.3, 0.4) is 0 Å². The first-order chi connectivity index (χ1) is 12.0. The highest BCUT2D eigenvalue weighted by molar-refractivity contribution is 5.78. The molecule has 0 spiro atoms. The molecule has 3 heteroatoms. The van der Waals surface area contributed by atoms with E-state index in [-0.39, 0.29) is 0 Å². The summed E-state index contributed by atoms with van der Waals surface area (Å²) in [5.41, 5.74) is 5.85. The number of aromatic nitrogens is 2. The van der Waals surface area contributed by atoms with Crippen molar-refractivity contribution in [1.29, 1.82) is 0 Å². The second kappa shape index (κ2) is 5.33. The third-order valence-electron chi connectivity index (χ3n) is 7.48. The summed E-state index contributed by atoms with van der Waals surface area (Å²) in [6, 6.07) is 5.55. The summed E-state index contributed by atoms with van der Waals surface area (Å²) in [6.45, 7) is 12.1. The summed E-state index contributed by atoms with van der Waals surface area (Å²) in [7, 11) is 0. The number of aromatic amines is 1. The number of piperidine rings is 1. The van der Waals surface area contributed by atoms with Crippen LogP contribution in [0, 0.1) is 11.8 Å². The fraction of sp³-hybridized carbons (Fsp3) is 0.682. The van der Waals surface area contributed by atoms with Gasteiger partial charge in [-0.25, -0.2) is 4.98 Å². The molecule has 1 N–H and O–H groups in total. The fourth-order valence-corrected chi connectivity index (χ4v) is 5.38. The van der Waals surface area contributed by atoms with Gasteiger partial charge in [-0.3, -0.25) is 4.90 Å². The Hall–Kier alpha value is -1.35. The lowest BCUT2D eigenvalue weighted by Crippen LogP contribution is -2.58. The monoisotopic (exact) mass is 337 g/mol. The van der Waals surface area contributed by atoms with Crippen molar-refractivity contribution >= 4 is 11.0 Å². The van der Waals surface area contributed by atoms with Gasteiger partial charge in [0, 0.05) is 18.5 Å². The van der Waals surface area contributed by atoms with Crippen LogP contribution in [0.4, 0.5) is 0 Å². The van der Waals surface area contributed by atoms with E-state index in [1.54, 1.807) is 11.1 Å². The summed E-state index contributed by atoms with van der Waals surface area (Å²) >= 11 is 0.